The van der Waals surface area contributed by atoms with Crippen LogP contribution in [0.15, 0.2) is 29.4 Å². The summed E-state index contributed by atoms with van der Waals surface area (Å²) in [5, 5.41) is 11.9. The van der Waals surface area contributed by atoms with Crippen molar-refractivity contribution < 1.29 is 9.84 Å². The topological polar surface area (TPSA) is 78.2 Å². The van der Waals surface area contributed by atoms with Crippen LogP contribution in [0.5, 0.6) is 5.75 Å². The summed E-state index contributed by atoms with van der Waals surface area (Å²) in [6.45, 7) is 0.134. The number of hydrogen-bond donors (Lipinski definition) is 1. The van der Waals surface area contributed by atoms with Gasteiger partial charge in [-0.3, -0.25) is 0 Å². The van der Waals surface area contributed by atoms with Gasteiger partial charge in [-0.05, 0) is 29.6 Å². The minimum atomic E-state index is -0.00412. The lowest BCUT2D eigenvalue weighted by molar-refractivity contribution is 0.299. The molecule has 0 atom stereocenters. The van der Waals surface area contributed by atoms with E-state index in [-0.39, 0.29) is 13.3 Å². The third-order valence-corrected chi connectivity index (χ3v) is 1.68. The van der Waals surface area contributed by atoms with E-state index in [1.807, 2.05) is 12.1 Å². The van der Waals surface area contributed by atoms with Gasteiger partial charge in [0.15, 0.2) is 6.73 Å². The molecule has 0 aliphatic carbocycles. The summed E-state index contributed by atoms with van der Waals surface area (Å²) in [7, 11) is 0. The Morgan fingerprint density at radius 3 is 2.64 bits per heavy atom. The molecule has 0 heterocycles. The lowest BCUT2D eigenvalue weighted by Gasteiger charge is -2.03. The molecule has 1 rings (SSSR count). The Morgan fingerprint density at radius 2 is 2.07 bits per heavy atom. The fraction of sp³-hybridized carbons (Fsp3) is 0.333. The van der Waals surface area contributed by atoms with Gasteiger partial charge in [-0.25, -0.2) is 0 Å². The van der Waals surface area contributed by atoms with E-state index >= 15 is 0 Å². The lowest BCUT2D eigenvalue weighted by atomic mass is 10.1. The maximum atomic E-state index is 8.68. The SMILES string of the molecule is [N-]=[N+]=NCOc1ccc(CCO)cc1. The van der Waals surface area contributed by atoms with Gasteiger partial charge >= 0.3 is 0 Å². The van der Waals surface area contributed by atoms with Crippen LogP contribution < -0.4 is 4.74 Å². The minimum absolute atomic E-state index is 0.00412. The maximum Gasteiger partial charge on any atom is 0.167 e. The Kier molecular flexibility index (Phi) is 4.34. The first-order valence-corrected chi connectivity index (χ1v) is 4.20. The molecule has 0 spiro atoms. The van der Waals surface area contributed by atoms with E-state index < -0.39 is 0 Å². The summed E-state index contributed by atoms with van der Waals surface area (Å²) in [4.78, 5) is 2.56. The predicted octanol–water partition coefficient (Wildman–Crippen LogP) is 1.87. The van der Waals surface area contributed by atoms with Crippen molar-refractivity contribution in [3.05, 3.63) is 40.3 Å². The largest absolute Gasteiger partial charge is 0.488 e. The van der Waals surface area contributed by atoms with Crippen molar-refractivity contribution >= 4 is 0 Å². The van der Waals surface area contributed by atoms with E-state index in [4.69, 9.17) is 15.4 Å². The fourth-order valence-electron chi connectivity index (χ4n) is 1.01. The van der Waals surface area contributed by atoms with Crippen molar-refractivity contribution in [3.8, 4) is 5.75 Å². The van der Waals surface area contributed by atoms with Crippen LogP contribution in [0, 0.1) is 0 Å². The quantitative estimate of drug-likeness (QED) is 0.440. The van der Waals surface area contributed by atoms with Crippen LogP contribution in [0.1, 0.15) is 5.56 Å². The van der Waals surface area contributed by atoms with Gasteiger partial charge in [0.2, 0.25) is 0 Å². The van der Waals surface area contributed by atoms with E-state index in [9.17, 15) is 0 Å². The fourth-order valence-corrected chi connectivity index (χ4v) is 1.01. The van der Waals surface area contributed by atoms with Crippen molar-refractivity contribution in [1.29, 1.82) is 0 Å². The van der Waals surface area contributed by atoms with Crippen molar-refractivity contribution in [3.63, 3.8) is 0 Å². The third-order valence-electron chi connectivity index (χ3n) is 1.68. The number of rotatable bonds is 5. The van der Waals surface area contributed by atoms with Gasteiger partial charge in [0.05, 0.1) is 0 Å². The Morgan fingerprint density at radius 1 is 1.36 bits per heavy atom. The second-order valence-electron chi connectivity index (χ2n) is 2.62. The van der Waals surface area contributed by atoms with E-state index in [1.165, 1.54) is 0 Å². The Balaban J connectivity index is 2.50. The normalized spacial score (nSPS) is 9.21. The number of nitrogens with zero attached hydrogens (tertiary/aromatic N) is 3. The van der Waals surface area contributed by atoms with E-state index in [0.29, 0.717) is 12.2 Å². The summed E-state index contributed by atoms with van der Waals surface area (Å²) in [5.74, 6) is 0.652. The number of aliphatic hydroxyl groups excluding tert-OH is 1. The summed E-state index contributed by atoms with van der Waals surface area (Å²) in [6.07, 6.45) is 0.636. The van der Waals surface area contributed by atoms with Crippen LogP contribution in [0.3, 0.4) is 0 Å². The molecule has 0 aliphatic heterocycles. The van der Waals surface area contributed by atoms with Crippen LogP contribution in [0.2, 0.25) is 0 Å². The molecule has 0 saturated heterocycles. The number of azide groups is 1. The average Bonchev–Trinajstić information content (AvgIpc) is 2.21. The highest BCUT2D eigenvalue weighted by Crippen LogP contribution is 2.12. The Labute approximate surface area is 81.6 Å². The Bertz CT molecular complexity index is 317. The molecular formula is C9H11N3O2. The third kappa shape index (κ3) is 3.35. The molecule has 14 heavy (non-hydrogen) atoms. The van der Waals surface area contributed by atoms with Gasteiger partial charge in [-0.2, -0.15) is 0 Å². The molecule has 0 saturated carbocycles. The van der Waals surface area contributed by atoms with E-state index in [1.54, 1.807) is 12.1 Å². The van der Waals surface area contributed by atoms with Gasteiger partial charge in [0.1, 0.15) is 5.75 Å². The molecule has 1 N–H and O–H groups in total. The molecule has 0 aliphatic rings. The molecule has 5 heteroatoms. The van der Waals surface area contributed by atoms with Crippen LogP contribution in [-0.4, -0.2) is 18.4 Å². The molecule has 5 nitrogen and oxygen atoms in total. The summed E-state index contributed by atoms with van der Waals surface area (Å²) < 4.78 is 5.10. The first-order valence-electron chi connectivity index (χ1n) is 4.20. The monoisotopic (exact) mass is 193 g/mol. The molecular weight excluding hydrogens is 182 g/mol. The highest BCUT2D eigenvalue weighted by molar-refractivity contribution is 5.27. The summed E-state index contributed by atoms with van der Waals surface area (Å²) in [5.41, 5.74) is 9.05. The second kappa shape index (κ2) is 5.85. The first-order chi connectivity index (χ1) is 6.86. The summed E-state index contributed by atoms with van der Waals surface area (Å²) >= 11 is 0. The molecule has 0 aromatic heterocycles. The molecule has 0 amide bonds. The molecule has 0 unspecified atom stereocenters. The zero-order chi connectivity index (χ0) is 10.2. The van der Waals surface area contributed by atoms with Crippen LogP contribution in [0.4, 0.5) is 0 Å². The zero-order valence-electron chi connectivity index (χ0n) is 7.63. The van der Waals surface area contributed by atoms with Crippen molar-refractivity contribution in [1.82, 2.24) is 0 Å². The van der Waals surface area contributed by atoms with E-state index in [0.717, 1.165) is 5.56 Å². The van der Waals surface area contributed by atoms with E-state index in [2.05, 4.69) is 10.0 Å². The number of benzene rings is 1. The molecule has 0 radical (unpaired) electrons. The van der Waals surface area contributed by atoms with Gasteiger partial charge < -0.3 is 9.84 Å². The van der Waals surface area contributed by atoms with Crippen LogP contribution >= 0.6 is 0 Å². The van der Waals surface area contributed by atoms with Crippen LogP contribution in [-0.2, 0) is 6.42 Å². The predicted molar refractivity (Wildman–Crippen MR) is 51.9 cm³/mol. The molecule has 0 fully saturated rings. The maximum absolute atomic E-state index is 8.68. The number of aliphatic hydroxyl groups is 1. The zero-order valence-corrected chi connectivity index (χ0v) is 7.63. The first kappa shape index (κ1) is 10.4. The highest BCUT2D eigenvalue weighted by atomic mass is 16.5. The summed E-state index contributed by atoms with van der Waals surface area (Å²) in [6, 6.07) is 7.28. The standard InChI is InChI=1S/C9H11N3O2/c10-12-11-7-14-9-3-1-8(2-4-9)5-6-13/h1-4,13H,5-7H2. The molecule has 74 valence electrons. The van der Waals surface area contributed by atoms with Gasteiger partial charge in [0.25, 0.3) is 0 Å². The average molecular weight is 193 g/mol. The van der Waals surface area contributed by atoms with Crippen molar-refractivity contribution in [2.45, 2.75) is 6.42 Å². The number of ether oxygens (including phenoxy) is 1. The minimum Gasteiger partial charge on any atom is -0.488 e. The van der Waals surface area contributed by atoms with Gasteiger partial charge in [-0.1, -0.05) is 17.2 Å². The second-order valence-corrected chi connectivity index (χ2v) is 2.62. The van der Waals surface area contributed by atoms with Crippen LogP contribution in [0.25, 0.3) is 10.4 Å². The molecule has 1 aromatic carbocycles. The van der Waals surface area contributed by atoms with Gasteiger partial charge in [0, 0.05) is 11.5 Å². The lowest BCUT2D eigenvalue weighted by Crippen LogP contribution is -1.94. The molecule has 0 bridgehead atoms. The number of hydrogen-bond acceptors (Lipinski definition) is 3. The van der Waals surface area contributed by atoms with Crippen molar-refractivity contribution in [2.24, 2.45) is 5.11 Å². The molecule has 1 aromatic rings. The smallest absolute Gasteiger partial charge is 0.167 e. The van der Waals surface area contributed by atoms with Crippen molar-refractivity contribution in [2.75, 3.05) is 13.3 Å². The Hall–Kier alpha value is -1.71. The highest BCUT2D eigenvalue weighted by Gasteiger charge is 1.93. The van der Waals surface area contributed by atoms with Gasteiger partial charge in [-0.15, -0.1) is 0 Å².